The Labute approximate surface area is 247 Å². The number of aromatic nitrogens is 3. The molecule has 0 bridgehead atoms. The Morgan fingerprint density at radius 2 is 1.91 bits per heavy atom. The lowest BCUT2D eigenvalue weighted by atomic mass is 10.1. The van der Waals surface area contributed by atoms with Gasteiger partial charge < -0.3 is 24.6 Å². The van der Waals surface area contributed by atoms with Crippen molar-refractivity contribution in [2.75, 3.05) is 43.4 Å². The van der Waals surface area contributed by atoms with Gasteiger partial charge in [-0.15, -0.1) is 11.3 Å². The van der Waals surface area contributed by atoms with Gasteiger partial charge in [-0.1, -0.05) is 12.1 Å². The number of rotatable bonds is 7. The van der Waals surface area contributed by atoms with Crippen LogP contribution in [0.4, 0.5) is 21.8 Å². The monoisotopic (exact) mass is 601 g/mol. The van der Waals surface area contributed by atoms with Gasteiger partial charge in [-0.25, -0.2) is 19.3 Å². The molecular formula is C29H24FN7O5S. The molecule has 0 unspecified atom stereocenters. The number of piperazine rings is 1. The number of halogens is 1. The second-order valence-corrected chi connectivity index (χ2v) is 10.7. The number of phenols is 1. The number of hydrogen-bond acceptors (Lipinski definition) is 11. The predicted molar refractivity (Wildman–Crippen MR) is 161 cm³/mol. The van der Waals surface area contributed by atoms with Crippen molar-refractivity contribution in [2.24, 2.45) is 0 Å². The number of fused-ring (bicyclic) bond motifs is 1. The molecule has 3 aromatic heterocycles. The summed E-state index contributed by atoms with van der Waals surface area (Å²) >= 11 is 1.19. The van der Waals surface area contributed by atoms with Gasteiger partial charge in [-0.2, -0.15) is 0 Å². The maximum absolute atomic E-state index is 15.5. The van der Waals surface area contributed by atoms with Crippen molar-refractivity contribution < 1.29 is 23.6 Å². The Hall–Kier alpha value is -5.21. The number of hydrogen-bond donors (Lipinski definition) is 2. The number of carbonyl (C=O) groups excluding carboxylic acids is 1. The first-order valence-corrected chi connectivity index (χ1v) is 14.1. The Morgan fingerprint density at radius 3 is 2.65 bits per heavy atom. The number of aromatic hydroxyl groups is 1. The van der Waals surface area contributed by atoms with Crippen LogP contribution in [0.5, 0.6) is 5.75 Å². The molecule has 0 spiro atoms. The molecule has 1 aliphatic rings. The molecule has 5 aromatic rings. The second kappa shape index (κ2) is 11.6. The average molecular weight is 602 g/mol. The highest BCUT2D eigenvalue weighted by atomic mass is 32.1. The maximum atomic E-state index is 15.5. The van der Waals surface area contributed by atoms with Crippen LogP contribution in [-0.4, -0.2) is 69.0 Å². The number of anilines is 2. The summed E-state index contributed by atoms with van der Waals surface area (Å²) in [5, 5.41) is 26.2. The van der Waals surface area contributed by atoms with Crippen LogP contribution in [0.3, 0.4) is 0 Å². The lowest BCUT2D eigenvalue weighted by molar-refractivity contribution is -0.402. The van der Waals surface area contributed by atoms with Gasteiger partial charge in [0.25, 0.3) is 5.91 Å². The minimum atomic E-state index is -0.644. The highest BCUT2D eigenvalue weighted by molar-refractivity contribution is 7.13. The van der Waals surface area contributed by atoms with Crippen molar-refractivity contribution in [1.82, 2.24) is 19.9 Å². The number of likely N-dealkylation sites (N-methyl/N-ethyl adjacent to an activating group) is 1. The Balaban J connectivity index is 1.36. The van der Waals surface area contributed by atoms with Crippen LogP contribution in [0.1, 0.15) is 22.1 Å². The zero-order valence-corrected chi connectivity index (χ0v) is 23.5. The molecule has 0 radical (unpaired) electrons. The number of para-hydroxylation sites is 1. The summed E-state index contributed by atoms with van der Waals surface area (Å²) in [4.78, 5) is 41.1. The summed E-state index contributed by atoms with van der Waals surface area (Å²) in [7, 11) is 2.01. The molecule has 4 heterocycles. The van der Waals surface area contributed by atoms with E-state index in [2.05, 4.69) is 25.2 Å². The molecule has 1 amide bonds. The number of nitro groups is 1. The van der Waals surface area contributed by atoms with Crippen molar-refractivity contribution in [3.05, 3.63) is 87.1 Å². The van der Waals surface area contributed by atoms with Crippen LogP contribution in [0.15, 0.2) is 58.3 Å². The third-order valence-electron chi connectivity index (χ3n) is 6.92. The van der Waals surface area contributed by atoms with Crippen molar-refractivity contribution >= 4 is 57.7 Å². The zero-order chi connectivity index (χ0) is 30.1. The Morgan fingerprint density at radius 1 is 1.12 bits per heavy atom. The SMILES string of the molecule is CN1CCN(c2cc3nc(/C=C/c4ccc([N+](=O)[O-])o4)nc(NC(=O)c4csc(-c5ccccc5O)n4)c3cc2F)CC1. The van der Waals surface area contributed by atoms with E-state index in [1.54, 1.807) is 29.6 Å². The van der Waals surface area contributed by atoms with Crippen molar-refractivity contribution in [3.63, 3.8) is 0 Å². The molecule has 1 fully saturated rings. The fourth-order valence-corrected chi connectivity index (χ4v) is 5.46. The molecule has 43 heavy (non-hydrogen) atoms. The van der Waals surface area contributed by atoms with Crippen LogP contribution >= 0.6 is 11.3 Å². The van der Waals surface area contributed by atoms with Crippen LogP contribution in [0.2, 0.25) is 0 Å². The van der Waals surface area contributed by atoms with E-state index in [9.17, 15) is 20.0 Å². The largest absolute Gasteiger partial charge is 0.507 e. The summed E-state index contributed by atoms with van der Waals surface area (Å²) in [6, 6.07) is 12.3. The number of carbonyl (C=O) groups is 1. The number of phenolic OH excluding ortho intramolecular Hbond substituents is 1. The molecule has 0 aliphatic carbocycles. The molecular weight excluding hydrogens is 577 g/mol. The van der Waals surface area contributed by atoms with E-state index in [0.29, 0.717) is 34.9 Å². The van der Waals surface area contributed by atoms with Gasteiger partial charge >= 0.3 is 5.88 Å². The standard InChI is InChI=1S/C29H24FN7O5S/c1-35-10-12-36(13-11-35)23-15-21-19(14-20(23)30)27(33-25(31-21)8-6-17-7-9-26(42-17)37(40)41)34-28(39)22-16-43-29(32-22)18-4-2-3-5-24(18)38/h2-9,14-16,38H,10-13H2,1H3,(H,31,33,34,39)/b8-6+. The lowest BCUT2D eigenvalue weighted by Gasteiger charge is -2.34. The molecule has 12 nitrogen and oxygen atoms in total. The summed E-state index contributed by atoms with van der Waals surface area (Å²) in [5.74, 6) is -1.01. The van der Waals surface area contributed by atoms with E-state index in [-0.39, 0.29) is 34.2 Å². The van der Waals surface area contributed by atoms with Gasteiger partial charge in [-0.05, 0) is 49.5 Å². The van der Waals surface area contributed by atoms with Crippen LogP contribution < -0.4 is 10.2 Å². The first-order chi connectivity index (χ1) is 20.7. The lowest BCUT2D eigenvalue weighted by Crippen LogP contribution is -2.44. The van der Waals surface area contributed by atoms with E-state index in [1.807, 2.05) is 11.9 Å². The van der Waals surface area contributed by atoms with Crippen molar-refractivity contribution in [1.29, 1.82) is 0 Å². The molecule has 218 valence electrons. The molecule has 6 rings (SSSR count). The van der Waals surface area contributed by atoms with Crippen LogP contribution in [0, 0.1) is 15.9 Å². The van der Waals surface area contributed by atoms with E-state index in [1.165, 1.54) is 47.8 Å². The highest BCUT2D eigenvalue weighted by Gasteiger charge is 2.21. The number of nitrogens with one attached hydrogen (secondary N) is 1. The second-order valence-electron chi connectivity index (χ2n) is 9.82. The molecule has 0 saturated carbocycles. The van der Waals surface area contributed by atoms with Gasteiger partial charge in [0.1, 0.15) is 38.8 Å². The summed E-state index contributed by atoms with van der Waals surface area (Å²) in [6.45, 7) is 2.84. The van der Waals surface area contributed by atoms with Gasteiger partial charge in [0.05, 0.1) is 22.8 Å². The minimum Gasteiger partial charge on any atom is -0.507 e. The average Bonchev–Trinajstić information content (AvgIpc) is 3.68. The predicted octanol–water partition coefficient (Wildman–Crippen LogP) is 5.27. The number of benzene rings is 2. The van der Waals surface area contributed by atoms with Gasteiger partial charge in [0.2, 0.25) is 0 Å². The Kier molecular flexibility index (Phi) is 7.52. The maximum Gasteiger partial charge on any atom is 0.433 e. The summed E-state index contributed by atoms with van der Waals surface area (Å²) in [6.07, 6.45) is 2.94. The highest BCUT2D eigenvalue weighted by Crippen LogP contribution is 2.33. The first-order valence-electron chi connectivity index (χ1n) is 13.2. The van der Waals surface area contributed by atoms with Crippen LogP contribution in [-0.2, 0) is 0 Å². The normalized spacial score (nSPS) is 14.0. The smallest absolute Gasteiger partial charge is 0.433 e. The fourth-order valence-electron chi connectivity index (χ4n) is 4.63. The molecule has 2 aromatic carbocycles. The summed E-state index contributed by atoms with van der Waals surface area (Å²) < 4.78 is 20.6. The van der Waals surface area contributed by atoms with Gasteiger partial charge in [0, 0.05) is 36.9 Å². The third kappa shape index (κ3) is 5.91. The number of nitrogens with zero attached hydrogens (tertiary/aromatic N) is 6. The number of furan rings is 1. The Bertz CT molecular complexity index is 1880. The third-order valence-corrected chi connectivity index (χ3v) is 7.79. The van der Waals surface area contributed by atoms with Gasteiger partial charge in [-0.3, -0.25) is 14.9 Å². The van der Waals surface area contributed by atoms with E-state index in [0.717, 1.165) is 13.1 Å². The van der Waals surface area contributed by atoms with Crippen molar-refractivity contribution in [3.8, 4) is 16.3 Å². The number of thiazole rings is 1. The van der Waals surface area contributed by atoms with E-state index >= 15 is 4.39 Å². The molecule has 1 aliphatic heterocycles. The summed E-state index contributed by atoms with van der Waals surface area (Å²) in [5.41, 5.74) is 1.35. The molecule has 2 N–H and O–H groups in total. The first kappa shape index (κ1) is 27.9. The molecule has 1 saturated heterocycles. The molecule has 14 heteroatoms. The van der Waals surface area contributed by atoms with Crippen molar-refractivity contribution in [2.45, 2.75) is 0 Å². The van der Waals surface area contributed by atoms with Gasteiger partial charge in [0.15, 0.2) is 5.82 Å². The quantitative estimate of drug-likeness (QED) is 0.186. The molecule has 0 atom stereocenters. The van der Waals surface area contributed by atoms with Crippen LogP contribution in [0.25, 0.3) is 33.6 Å². The minimum absolute atomic E-state index is 0.0375. The van der Waals surface area contributed by atoms with E-state index < -0.39 is 22.5 Å². The zero-order valence-electron chi connectivity index (χ0n) is 22.7. The topological polar surface area (TPSA) is 151 Å². The number of amides is 1. The van der Waals surface area contributed by atoms with E-state index in [4.69, 9.17) is 4.42 Å². The fraction of sp³-hybridized carbons (Fsp3) is 0.172.